The maximum atomic E-state index is 13.2. The Balaban J connectivity index is 2.23. The standard InChI is InChI=1S/C14H18N2O12P4/c17-29(18,19)13(7-11-3-1-5-15-9-11)27-32(25,26)14(30(20,21)22,28-31(13,23)24)8-12-4-2-6-16-10-12/h1-6,9-10H,7-8H2,(H,23,24)(H,25,26)(H2,17,18,19)(H2,20,21,22)/t13-,14-/m0/s1. The Bertz CT molecular complexity index is 1090. The molecule has 2 aromatic rings. The van der Waals surface area contributed by atoms with E-state index in [1.54, 1.807) is 0 Å². The van der Waals surface area contributed by atoms with Crippen molar-refractivity contribution in [2.75, 3.05) is 0 Å². The van der Waals surface area contributed by atoms with Gasteiger partial charge in [0.25, 0.3) is 10.2 Å². The fourth-order valence-electron chi connectivity index (χ4n) is 3.09. The molecule has 176 valence electrons. The molecule has 0 aromatic carbocycles. The summed E-state index contributed by atoms with van der Waals surface area (Å²) in [7, 11) is -23.6. The van der Waals surface area contributed by atoms with Crippen LogP contribution in [0.2, 0.25) is 0 Å². The van der Waals surface area contributed by atoms with Gasteiger partial charge in [-0.1, -0.05) is 12.1 Å². The lowest BCUT2D eigenvalue weighted by molar-refractivity contribution is 0.0392. The van der Waals surface area contributed by atoms with Crippen LogP contribution in [-0.2, 0) is 40.1 Å². The number of rotatable bonds is 6. The molecule has 3 rings (SSSR count). The second kappa shape index (κ2) is 8.29. The minimum absolute atomic E-state index is 0.0929. The van der Waals surface area contributed by atoms with Crippen molar-refractivity contribution in [3.8, 4) is 0 Å². The van der Waals surface area contributed by atoms with E-state index in [1.807, 2.05) is 0 Å². The van der Waals surface area contributed by atoms with Gasteiger partial charge in [-0.2, -0.15) is 0 Å². The lowest BCUT2D eigenvalue weighted by Gasteiger charge is -2.49. The lowest BCUT2D eigenvalue weighted by atomic mass is 10.2. The zero-order valence-electron chi connectivity index (χ0n) is 15.8. The van der Waals surface area contributed by atoms with Crippen LogP contribution in [0.4, 0.5) is 0 Å². The lowest BCUT2D eigenvalue weighted by Crippen LogP contribution is -2.48. The Morgan fingerprint density at radius 3 is 1.38 bits per heavy atom. The molecule has 1 fully saturated rings. The van der Waals surface area contributed by atoms with Crippen LogP contribution in [0.3, 0.4) is 0 Å². The Morgan fingerprint density at radius 2 is 1.12 bits per heavy atom. The zero-order chi connectivity index (χ0) is 24.1. The third kappa shape index (κ3) is 4.23. The molecule has 3 heterocycles. The van der Waals surface area contributed by atoms with Gasteiger partial charge >= 0.3 is 30.4 Å². The van der Waals surface area contributed by atoms with Gasteiger partial charge in [0.05, 0.1) is 0 Å². The minimum atomic E-state index is -5.92. The van der Waals surface area contributed by atoms with E-state index in [0.29, 0.717) is 0 Å². The molecule has 0 bridgehead atoms. The highest BCUT2D eigenvalue weighted by Crippen LogP contribution is 2.89. The van der Waals surface area contributed by atoms with Crippen LogP contribution < -0.4 is 0 Å². The highest BCUT2D eigenvalue weighted by atomic mass is 31.3. The van der Waals surface area contributed by atoms with E-state index in [1.165, 1.54) is 36.7 Å². The first-order valence-electron chi connectivity index (χ1n) is 8.53. The first-order valence-corrected chi connectivity index (χ1v) is 14.9. The molecular weight excluding hydrogens is 512 g/mol. The zero-order valence-corrected chi connectivity index (χ0v) is 19.4. The monoisotopic (exact) mass is 530 g/mol. The number of pyridine rings is 2. The first kappa shape index (κ1) is 25.5. The van der Waals surface area contributed by atoms with Crippen molar-refractivity contribution in [3.63, 3.8) is 0 Å². The molecule has 0 aliphatic carbocycles. The van der Waals surface area contributed by atoms with Gasteiger partial charge in [-0.25, -0.2) is 0 Å². The van der Waals surface area contributed by atoms with Crippen molar-refractivity contribution in [1.82, 2.24) is 9.97 Å². The molecule has 4 atom stereocenters. The number of nitrogens with zero attached hydrogens (tertiary/aromatic N) is 2. The van der Waals surface area contributed by atoms with Gasteiger partial charge in [-0.15, -0.1) is 0 Å². The summed E-state index contributed by atoms with van der Waals surface area (Å²) in [5, 5.41) is -7.28. The maximum Gasteiger partial charge on any atom is 0.374 e. The van der Waals surface area contributed by atoms with Crippen LogP contribution in [0.15, 0.2) is 49.1 Å². The number of aromatic nitrogens is 2. The molecule has 32 heavy (non-hydrogen) atoms. The fraction of sp³-hybridized carbons (Fsp3) is 0.286. The van der Waals surface area contributed by atoms with Crippen molar-refractivity contribution in [3.05, 3.63) is 60.2 Å². The van der Waals surface area contributed by atoms with Crippen LogP contribution in [0.25, 0.3) is 0 Å². The average molecular weight is 530 g/mol. The quantitative estimate of drug-likeness (QED) is 0.289. The van der Waals surface area contributed by atoms with Crippen molar-refractivity contribution in [1.29, 1.82) is 0 Å². The summed E-state index contributed by atoms with van der Waals surface area (Å²) in [5.74, 6) is 0. The summed E-state index contributed by atoms with van der Waals surface area (Å²) in [6.07, 6.45) is 2.40. The summed E-state index contributed by atoms with van der Waals surface area (Å²) in [4.78, 5) is 68.2. The third-order valence-corrected chi connectivity index (χ3v) is 14.0. The van der Waals surface area contributed by atoms with E-state index < -0.39 is 53.4 Å². The van der Waals surface area contributed by atoms with E-state index in [-0.39, 0.29) is 11.1 Å². The van der Waals surface area contributed by atoms with E-state index >= 15 is 0 Å². The normalized spacial score (nSPS) is 33.7. The molecule has 1 aliphatic rings. The van der Waals surface area contributed by atoms with Crippen molar-refractivity contribution >= 4 is 30.4 Å². The van der Waals surface area contributed by atoms with Crippen molar-refractivity contribution in [2.24, 2.45) is 0 Å². The van der Waals surface area contributed by atoms with Gasteiger partial charge in [0.1, 0.15) is 0 Å². The second-order valence-corrected chi connectivity index (χ2v) is 15.1. The maximum absolute atomic E-state index is 13.2. The van der Waals surface area contributed by atoms with E-state index in [9.17, 15) is 47.6 Å². The third-order valence-electron chi connectivity index (χ3n) is 4.65. The summed E-state index contributed by atoms with van der Waals surface area (Å²) < 4.78 is 60.5. The van der Waals surface area contributed by atoms with Crippen molar-refractivity contribution in [2.45, 2.75) is 23.0 Å². The molecule has 14 nitrogen and oxygen atoms in total. The molecule has 1 saturated heterocycles. The van der Waals surface area contributed by atoms with Gasteiger partial charge < -0.3 is 29.4 Å². The summed E-state index contributed by atoms with van der Waals surface area (Å²) in [6, 6.07) is 5.10. The Hall–Kier alpha value is -1.10. The molecule has 2 unspecified atom stereocenters. The topological polar surface area (TPSA) is 234 Å². The smallest absolute Gasteiger partial charge is 0.322 e. The molecule has 0 radical (unpaired) electrons. The fourth-order valence-corrected chi connectivity index (χ4v) is 11.7. The number of hydrogen-bond donors (Lipinski definition) is 6. The molecule has 2 aromatic heterocycles. The average Bonchev–Trinajstić information content (AvgIpc) is 2.65. The van der Waals surface area contributed by atoms with Gasteiger partial charge in [-0.05, 0) is 23.3 Å². The van der Waals surface area contributed by atoms with E-state index in [0.717, 1.165) is 12.4 Å². The highest BCUT2D eigenvalue weighted by Gasteiger charge is 2.79. The highest BCUT2D eigenvalue weighted by molar-refractivity contribution is 7.78. The molecule has 6 N–H and O–H groups in total. The first-order chi connectivity index (χ1) is 14.6. The van der Waals surface area contributed by atoms with Gasteiger partial charge in [0.15, 0.2) is 0 Å². The predicted molar refractivity (Wildman–Crippen MR) is 107 cm³/mol. The van der Waals surface area contributed by atoms with Crippen LogP contribution in [0.1, 0.15) is 11.1 Å². The largest absolute Gasteiger partial charge is 0.374 e. The summed E-state index contributed by atoms with van der Waals surface area (Å²) >= 11 is 0. The van der Waals surface area contributed by atoms with Gasteiger partial charge in [-0.3, -0.25) is 37.3 Å². The minimum Gasteiger partial charge on any atom is -0.322 e. The van der Waals surface area contributed by atoms with Gasteiger partial charge in [0, 0.05) is 37.6 Å². The molecule has 0 saturated carbocycles. The van der Waals surface area contributed by atoms with E-state index in [4.69, 9.17) is 9.05 Å². The van der Waals surface area contributed by atoms with Crippen LogP contribution in [0, 0.1) is 0 Å². The number of hydrogen-bond acceptors (Lipinski definition) is 8. The van der Waals surface area contributed by atoms with Crippen LogP contribution >= 0.6 is 30.4 Å². The Kier molecular flexibility index (Phi) is 6.61. The Labute approximate surface area is 180 Å². The molecule has 0 spiro atoms. The van der Waals surface area contributed by atoms with Crippen LogP contribution in [-0.4, -0.2) is 49.5 Å². The molecule has 1 aliphatic heterocycles. The van der Waals surface area contributed by atoms with E-state index in [2.05, 4.69) is 9.97 Å². The van der Waals surface area contributed by atoms with Crippen LogP contribution in [0.5, 0.6) is 0 Å². The SMILES string of the molecule is O=P(O)(O)[C@]1(Cc2cccnc2)OP(=O)(O)[C@](Cc2cccnc2)(P(=O)(O)O)OP1(=O)O. The molecule has 18 heteroatoms. The van der Waals surface area contributed by atoms with Crippen molar-refractivity contribution < 1.29 is 56.7 Å². The van der Waals surface area contributed by atoms with Gasteiger partial charge in [0.2, 0.25) is 0 Å². The predicted octanol–water partition coefficient (Wildman–Crippen LogP) is 1.34. The summed E-state index contributed by atoms with van der Waals surface area (Å²) in [6.45, 7) is 0. The Morgan fingerprint density at radius 1 is 0.781 bits per heavy atom. The molecule has 0 amide bonds. The second-order valence-electron chi connectivity index (χ2n) is 6.87. The summed E-state index contributed by atoms with van der Waals surface area (Å²) in [5.41, 5.74) is -0.186. The molecular formula is C14H18N2O12P4.